The predicted molar refractivity (Wildman–Crippen MR) is 78.0 cm³/mol. The molecule has 112 valence electrons. The van der Waals surface area contributed by atoms with Crippen molar-refractivity contribution in [1.29, 1.82) is 0 Å². The smallest absolute Gasteiger partial charge is 0.251 e. The Kier molecular flexibility index (Phi) is 5.76. The monoisotopic (exact) mass is 289 g/mol. The molecule has 1 amide bonds. The summed E-state index contributed by atoms with van der Waals surface area (Å²) in [5.74, 6) is 5.27. The summed E-state index contributed by atoms with van der Waals surface area (Å²) < 4.78 is 10.8. The molecular weight excluding hydrogens is 270 g/mol. The van der Waals surface area contributed by atoms with E-state index in [-0.39, 0.29) is 18.6 Å². The SMILES string of the molecule is Cc1c(C#CCO)cccc1C(=O)NCC1COCCO1. The number of carbonyl (C=O) groups excluding carboxylic acids is 1. The highest BCUT2D eigenvalue weighted by Gasteiger charge is 2.17. The van der Waals surface area contributed by atoms with Crippen LogP contribution in [0.25, 0.3) is 0 Å². The second-order valence-electron chi connectivity index (χ2n) is 4.72. The zero-order valence-electron chi connectivity index (χ0n) is 12.0. The minimum absolute atomic E-state index is 0.0969. The highest BCUT2D eigenvalue weighted by molar-refractivity contribution is 5.96. The number of aliphatic hydroxyl groups excluding tert-OH is 1. The Morgan fingerprint density at radius 2 is 2.33 bits per heavy atom. The van der Waals surface area contributed by atoms with E-state index in [0.29, 0.717) is 31.9 Å². The van der Waals surface area contributed by atoms with E-state index in [1.54, 1.807) is 12.1 Å². The summed E-state index contributed by atoms with van der Waals surface area (Å²) in [7, 11) is 0. The van der Waals surface area contributed by atoms with Gasteiger partial charge in [-0.2, -0.15) is 0 Å². The molecule has 1 aliphatic rings. The molecule has 1 heterocycles. The molecule has 1 atom stereocenters. The molecule has 21 heavy (non-hydrogen) atoms. The van der Waals surface area contributed by atoms with Crippen molar-refractivity contribution in [3.63, 3.8) is 0 Å². The van der Waals surface area contributed by atoms with Crippen LogP contribution in [0, 0.1) is 18.8 Å². The number of nitrogens with one attached hydrogen (secondary N) is 1. The van der Waals surface area contributed by atoms with Gasteiger partial charge in [-0.25, -0.2) is 0 Å². The van der Waals surface area contributed by atoms with Crippen LogP contribution in [0.1, 0.15) is 21.5 Å². The zero-order valence-corrected chi connectivity index (χ0v) is 12.0. The Labute approximate surface area is 124 Å². The molecule has 2 rings (SSSR count). The topological polar surface area (TPSA) is 67.8 Å². The maximum atomic E-state index is 12.2. The van der Waals surface area contributed by atoms with Gasteiger partial charge in [0, 0.05) is 17.7 Å². The van der Waals surface area contributed by atoms with Crippen molar-refractivity contribution < 1.29 is 19.4 Å². The molecule has 0 saturated carbocycles. The first-order valence-corrected chi connectivity index (χ1v) is 6.89. The Balaban J connectivity index is 2.01. The van der Waals surface area contributed by atoms with E-state index in [1.165, 1.54) is 0 Å². The molecule has 1 unspecified atom stereocenters. The van der Waals surface area contributed by atoms with E-state index in [0.717, 1.165) is 11.1 Å². The average Bonchev–Trinajstić information content (AvgIpc) is 2.52. The quantitative estimate of drug-likeness (QED) is 0.795. The van der Waals surface area contributed by atoms with Crippen LogP contribution in [-0.2, 0) is 9.47 Å². The Hall–Kier alpha value is -1.87. The van der Waals surface area contributed by atoms with Crippen LogP contribution >= 0.6 is 0 Å². The van der Waals surface area contributed by atoms with Gasteiger partial charge >= 0.3 is 0 Å². The molecule has 0 aliphatic carbocycles. The predicted octanol–water partition coefficient (Wildman–Crippen LogP) is 0.484. The van der Waals surface area contributed by atoms with Crippen molar-refractivity contribution in [3.05, 3.63) is 34.9 Å². The summed E-state index contributed by atoms with van der Waals surface area (Å²) in [6.07, 6.45) is -0.0969. The number of hydrogen-bond acceptors (Lipinski definition) is 4. The zero-order chi connectivity index (χ0) is 15.1. The molecule has 1 aromatic rings. The van der Waals surface area contributed by atoms with Crippen molar-refractivity contribution in [2.75, 3.05) is 33.0 Å². The molecule has 1 aliphatic heterocycles. The van der Waals surface area contributed by atoms with Crippen molar-refractivity contribution in [2.45, 2.75) is 13.0 Å². The lowest BCUT2D eigenvalue weighted by atomic mass is 10.0. The van der Waals surface area contributed by atoms with Crippen LogP contribution in [0.15, 0.2) is 18.2 Å². The fraction of sp³-hybridized carbons (Fsp3) is 0.438. The first-order chi connectivity index (χ1) is 10.2. The van der Waals surface area contributed by atoms with E-state index in [1.807, 2.05) is 13.0 Å². The molecule has 0 radical (unpaired) electrons. The summed E-state index contributed by atoms with van der Waals surface area (Å²) in [5.41, 5.74) is 2.13. The van der Waals surface area contributed by atoms with E-state index in [2.05, 4.69) is 17.2 Å². The number of aliphatic hydroxyl groups is 1. The number of amides is 1. The molecule has 0 spiro atoms. The standard InChI is InChI=1S/C16H19NO4/c1-12-13(5-3-7-18)4-2-6-15(12)16(19)17-10-14-11-20-8-9-21-14/h2,4,6,14,18H,7-11H2,1H3,(H,17,19). The molecule has 1 fully saturated rings. The van der Waals surface area contributed by atoms with Gasteiger partial charge in [-0.05, 0) is 24.6 Å². The minimum Gasteiger partial charge on any atom is -0.384 e. The lowest BCUT2D eigenvalue weighted by molar-refractivity contribution is -0.0855. The highest BCUT2D eigenvalue weighted by atomic mass is 16.6. The third-order valence-electron chi connectivity index (χ3n) is 3.26. The van der Waals surface area contributed by atoms with Gasteiger partial charge in [0.2, 0.25) is 0 Å². The van der Waals surface area contributed by atoms with Crippen molar-refractivity contribution in [1.82, 2.24) is 5.32 Å². The summed E-state index contributed by atoms with van der Waals surface area (Å²) in [5, 5.41) is 11.6. The second kappa shape index (κ2) is 7.79. The largest absolute Gasteiger partial charge is 0.384 e. The molecule has 1 aromatic carbocycles. The summed E-state index contributed by atoms with van der Waals surface area (Å²) in [6, 6.07) is 5.36. The normalized spacial score (nSPS) is 17.7. The van der Waals surface area contributed by atoms with Gasteiger partial charge in [0.1, 0.15) is 6.61 Å². The fourth-order valence-corrected chi connectivity index (χ4v) is 2.11. The van der Waals surface area contributed by atoms with Crippen LogP contribution in [0.4, 0.5) is 0 Å². The number of benzene rings is 1. The summed E-state index contributed by atoms with van der Waals surface area (Å²) >= 11 is 0. The first-order valence-electron chi connectivity index (χ1n) is 6.89. The van der Waals surface area contributed by atoms with Crippen LogP contribution in [-0.4, -0.2) is 50.1 Å². The number of hydrogen-bond donors (Lipinski definition) is 2. The molecule has 0 bridgehead atoms. The van der Waals surface area contributed by atoms with Crippen molar-refractivity contribution >= 4 is 5.91 Å². The van der Waals surface area contributed by atoms with E-state index in [9.17, 15) is 4.79 Å². The minimum atomic E-state index is -0.200. The maximum Gasteiger partial charge on any atom is 0.251 e. The lowest BCUT2D eigenvalue weighted by Gasteiger charge is -2.23. The van der Waals surface area contributed by atoms with Gasteiger partial charge in [-0.15, -0.1) is 0 Å². The van der Waals surface area contributed by atoms with Gasteiger partial charge in [0.15, 0.2) is 0 Å². The van der Waals surface area contributed by atoms with Gasteiger partial charge in [0.05, 0.1) is 25.9 Å². The fourth-order valence-electron chi connectivity index (χ4n) is 2.11. The Morgan fingerprint density at radius 1 is 1.48 bits per heavy atom. The molecule has 1 saturated heterocycles. The Morgan fingerprint density at radius 3 is 3.05 bits per heavy atom. The van der Waals surface area contributed by atoms with Crippen LogP contribution < -0.4 is 5.32 Å². The number of rotatable bonds is 3. The van der Waals surface area contributed by atoms with Crippen LogP contribution in [0.3, 0.4) is 0 Å². The Bertz CT molecular complexity index is 553. The van der Waals surface area contributed by atoms with Gasteiger partial charge in [-0.3, -0.25) is 4.79 Å². The molecule has 2 N–H and O–H groups in total. The van der Waals surface area contributed by atoms with Crippen LogP contribution in [0.2, 0.25) is 0 Å². The molecular formula is C16H19NO4. The van der Waals surface area contributed by atoms with E-state index in [4.69, 9.17) is 14.6 Å². The second-order valence-corrected chi connectivity index (χ2v) is 4.72. The first kappa shape index (κ1) is 15.5. The van der Waals surface area contributed by atoms with Gasteiger partial charge in [0.25, 0.3) is 5.91 Å². The van der Waals surface area contributed by atoms with Crippen molar-refractivity contribution in [2.24, 2.45) is 0 Å². The van der Waals surface area contributed by atoms with E-state index < -0.39 is 0 Å². The average molecular weight is 289 g/mol. The van der Waals surface area contributed by atoms with Crippen LogP contribution in [0.5, 0.6) is 0 Å². The summed E-state index contributed by atoms with van der Waals surface area (Å²) in [6.45, 7) is 3.73. The molecule has 5 heteroatoms. The summed E-state index contributed by atoms with van der Waals surface area (Å²) in [4.78, 5) is 12.2. The van der Waals surface area contributed by atoms with Crippen molar-refractivity contribution in [3.8, 4) is 11.8 Å². The van der Waals surface area contributed by atoms with Gasteiger partial charge < -0.3 is 19.9 Å². The number of carbonyl (C=O) groups is 1. The maximum absolute atomic E-state index is 12.2. The molecule has 0 aromatic heterocycles. The lowest BCUT2D eigenvalue weighted by Crippen LogP contribution is -2.39. The number of ether oxygens (including phenoxy) is 2. The third kappa shape index (κ3) is 4.30. The highest BCUT2D eigenvalue weighted by Crippen LogP contribution is 2.13. The molecule has 5 nitrogen and oxygen atoms in total. The third-order valence-corrected chi connectivity index (χ3v) is 3.26. The van der Waals surface area contributed by atoms with Gasteiger partial charge in [-0.1, -0.05) is 17.9 Å². The van der Waals surface area contributed by atoms with E-state index >= 15 is 0 Å².